The second-order valence-electron chi connectivity index (χ2n) is 5.23. The zero-order valence-corrected chi connectivity index (χ0v) is 13.4. The molecule has 1 atom stereocenters. The molecule has 0 saturated carbocycles. The van der Waals surface area contributed by atoms with Crippen molar-refractivity contribution < 1.29 is 4.79 Å². The van der Waals surface area contributed by atoms with Gasteiger partial charge < -0.3 is 10.6 Å². The number of carbonyl (C=O) groups excluding carboxylic acids is 1. The largest absolute Gasteiger partial charge is 0.338 e. The van der Waals surface area contributed by atoms with Crippen LogP contribution < -0.4 is 5.73 Å². The topological polar surface area (TPSA) is 49.6 Å². The van der Waals surface area contributed by atoms with E-state index in [-0.39, 0.29) is 5.91 Å². The first kappa shape index (κ1) is 14.7. The Morgan fingerprint density at radius 3 is 2.67 bits per heavy atom. The molecule has 6 heteroatoms. The van der Waals surface area contributed by atoms with E-state index in [2.05, 4.69) is 21.7 Å². The number of hydrogen-bond acceptors (Lipinski definition) is 5. The second-order valence-corrected chi connectivity index (χ2v) is 6.99. The Bertz CT molecular complexity index is 560. The number of carbonyl (C=O) groups is 1. The van der Waals surface area contributed by atoms with E-state index in [1.165, 1.54) is 5.56 Å². The van der Waals surface area contributed by atoms with Gasteiger partial charge in [-0.25, -0.2) is 0 Å². The average Bonchev–Trinajstić information content (AvgIpc) is 3.20. The molecule has 4 nitrogen and oxygen atoms in total. The van der Waals surface area contributed by atoms with Crippen LogP contribution in [-0.4, -0.2) is 41.9 Å². The number of nitrogens with zero attached hydrogens (tertiary/aromatic N) is 2. The molecule has 1 saturated heterocycles. The standard InChI is InChI=1S/C15H19N3OS2/c16-14(13-2-1-8-21-13)15(19)18-6-4-17(5-7-18)10-12-3-9-20-11-12/h1-3,8-9,11,14H,4-7,10,16H2. The molecule has 0 aliphatic carbocycles. The molecule has 1 unspecified atom stereocenters. The molecule has 0 bridgehead atoms. The van der Waals surface area contributed by atoms with E-state index in [9.17, 15) is 4.79 Å². The van der Waals surface area contributed by atoms with Crippen LogP contribution in [0.15, 0.2) is 34.3 Å². The van der Waals surface area contributed by atoms with Crippen LogP contribution in [0.4, 0.5) is 0 Å². The van der Waals surface area contributed by atoms with E-state index in [0.29, 0.717) is 0 Å². The SMILES string of the molecule is NC(C(=O)N1CCN(Cc2ccsc2)CC1)c1cccs1. The first-order chi connectivity index (χ1) is 10.2. The smallest absolute Gasteiger partial charge is 0.245 e. The minimum Gasteiger partial charge on any atom is -0.338 e. The third kappa shape index (κ3) is 3.52. The van der Waals surface area contributed by atoms with Crippen molar-refractivity contribution in [3.8, 4) is 0 Å². The number of amides is 1. The molecule has 1 fully saturated rings. The van der Waals surface area contributed by atoms with E-state index in [1.807, 2.05) is 22.4 Å². The Balaban J connectivity index is 1.52. The number of hydrogen-bond donors (Lipinski definition) is 1. The molecule has 1 aliphatic rings. The quantitative estimate of drug-likeness (QED) is 0.939. The molecule has 2 aromatic heterocycles. The van der Waals surface area contributed by atoms with Gasteiger partial charge in [-0.15, -0.1) is 11.3 Å². The number of rotatable bonds is 4. The summed E-state index contributed by atoms with van der Waals surface area (Å²) in [5, 5.41) is 6.25. The lowest BCUT2D eigenvalue weighted by atomic mass is 10.2. The lowest BCUT2D eigenvalue weighted by molar-refractivity contribution is -0.134. The Morgan fingerprint density at radius 1 is 1.24 bits per heavy atom. The first-order valence-electron chi connectivity index (χ1n) is 7.05. The van der Waals surface area contributed by atoms with Crippen LogP contribution in [0.5, 0.6) is 0 Å². The fourth-order valence-electron chi connectivity index (χ4n) is 2.55. The molecular weight excluding hydrogens is 302 g/mol. The van der Waals surface area contributed by atoms with Gasteiger partial charge in [0.2, 0.25) is 5.91 Å². The summed E-state index contributed by atoms with van der Waals surface area (Å²) in [5.74, 6) is 0.0487. The van der Waals surface area contributed by atoms with E-state index >= 15 is 0 Å². The van der Waals surface area contributed by atoms with Crippen molar-refractivity contribution >= 4 is 28.6 Å². The Labute approximate surface area is 132 Å². The molecule has 112 valence electrons. The lowest BCUT2D eigenvalue weighted by Crippen LogP contribution is -2.50. The highest BCUT2D eigenvalue weighted by Gasteiger charge is 2.26. The van der Waals surface area contributed by atoms with Gasteiger partial charge in [-0.3, -0.25) is 9.69 Å². The van der Waals surface area contributed by atoms with Crippen molar-refractivity contribution in [1.29, 1.82) is 0 Å². The number of piperazine rings is 1. The van der Waals surface area contributed by atoms with E-state index < -0.39 is 6.04 Å². The maximum absolute atomic E-state index is 12.4. The molecule has 2 aromatic rings. The fraction of sp³-hybridized carbons (Fsp3) is 0.400. The van der Waals surface area contributed by atoms with Gasteiger partial charge >= 0.3 is 0 Å². The minimum absolute atomic E-state index is 0.0487. The third-order valence-corrected chi connectivity index (χ3v) is 5.47. The van der Waals surface area contributed by atoms with Gasteiger partial charge in [-0.05, 0) is 33.8 Å². The zero-order valence-electron chi connectivity index (χ0n) is 11.8. The predicted octanol–water partition coefficient (Wildman–Crippen LogP) is 2.15. The molecule has 0 radical (unpaired) electrons. The zero-order chi connectivity index (χ0) is 14.7. The van der Waals surface area contributed by atoms with Crippen molar-refractivity contribution in [3.05, 3.63) is 44.8 Å². The highest BCUT2D eigenvalue weighted by molar-refractivity contribution is 7.10. The molecule has 2 N–H and O–H groups in total. The summed E-state index contributed by atoms with van der Waals surface area (Å²) in [7, 11) is 0. The molecule has 0 spiro atoms. The normalized spacial score (nSPS) is 17.9. The molecule has 3 rings (SSSR count). The highest BCUT2D eigenvalue weighted by atomic mass is 32.1. The van der Waals surface area contributed by atoms with Gasteiger partial charge in [0.05, 0.1) is 0 Å². The summed E-state index contributed by atoms with van der Waals surface area (Å²) in [4.78, 5) is 17.6. The Morgan fingerprint density at radius 2 is 2.05 bits per heavy atom. The Hall–Kier alpha value is -1.21. The van der Waals surface area contributed by atoms with Gasteiger partial charge in [0, 0.05) is 37.6 Å². The maximum Gasteiger partial charge on any atom is 0.245 e. The lowest BCUT2D eigenvalue weighted by Gasteiger charge is -2.35. The molecule has 0 aromatic carbocycles. The van der Waals surface area contributed by atoms with E-state index in [4.69, 9.17) is 5.73 Å². The van der Waals surface area contributed by atoms with Crippen LogP contribution >= 0.6 is 22.7 Å². The van der Waals surface area contributed by atoms with Crippen molar-refractivity contribution in [2.75, 3.05) is 26.2 Å². The third-order valence-electron chi connectivity index (χ3n) is 3.79. The fourth-order valence-corrected chi connectivity index (χ4v) is 3.93. The first-order valence-corrected chi connectivity index (χ1v) is 8.87. The molecule has 21 heavy (non-hydrogen) atoms. The van der Waals surface area contributed by atoms with Crippen LogP contribution in [0.1, 0.15) is 16.5 Å². The van der Waals surface area contributed by atoms with E-state index in [0.717, 1.165) is 37.6 Å². The average molecular weight is 321 g/mol. The van der Waals surface area contributed by atoms with Gasteiger partial charge in [0.25, 0.3) is 0 Å². The van der Waals surface area contributed by atoms with Crippen molar-refractivity contribution in [3.63, 3.8) is 0 Å². The monoisotopic (exact) mass is 321 g/mol. The van der Waals surface area contributed by atoms with Gasteiger partial charge in [-0.1, -0.05) is 6.07 Å². The van der Waals surface area contributed by atoms with Crippen LogP contribution in [0.2, 0.25) is 0 Å². The van der Waals surface area contributed by atoms with Crippen LogP contribution in [0, 0.1) is 0 Å². The summed E-state index contributed by atoms with van der Waals surface area (Å²) in [6.07, 6.45) is 0. The number of nitrogens with two attached hydrogens (primary N) is 1. The highest BCUT2D eigenvalue weighted by Crippen LogP contribution is 2.20. The summed E-state index contributed by atoms with van der Waals surface area (Å²) in [5.41, 5.74) is 7.42. The summed E-state index contributed by atoms with van der Waals surface area (Å²) in [6.45, 7) is 4.34. The molecule has 1 aliphatic heterocycles. The maximum atomic E-state index is 12.4. The Kier molecular flexibility index (Phi) is 4.70. The van der Waals surface area contributed by atoms with E-state index in [1.54, 1.807) is 22.7 Å². The van der Waals surface area contributed by atoms with Crippen LogP contribution in [0.25, 0.3) is 0 Å². The van der Waals surface area contributed by atoms with Gasteiger partial charge in [0.1, 0.15) is 6.04 Å². The molecular formula is C15H19N3OS2. The van der Waals surface area contributed by atoms with Crippen molar-refractivity contribution in [2.24, 2.45) is 5.73 Å². The van der Waals surface area contributed by atoms with Gasteiger partial charge in [-0.2, -0.15) is 11.3 Å². The summed E-state index contributed by atoms with van der Waals surface area (Å²) < 4.78 is 0. The molecule has 3 heterocycles. The van der Waals surface area contributed by atoms with Crippen molar-refractivity contribution in [1.82, 2.24) is 9.80 Å². The number of thiophene rings is 2. The minimum atomic E-state index is -0.506. The van der Waals surface area contributed by atoms with Crippen molar-refractivity contribution in [2.45, 2.75) is 12.6 Å². The second kappa shape index (κ2) is 6.70. The molecule has 1 amide bonds. The van der Waals surface area contributed by atoms with Crippen LogP contribution in [0.3, 0.4) is 0 Å². The summed E-state index contributed by atoms with van der Waals surface area (Å²) in [6, 6.07) is 5.52. The van der Waals surface area contributed by atoms with Crippen LogP contribution in [-0.2, 0) is 11.3 Å². The predicted molar refractivity (Wildman–Crippen MR) is 87.4 cm³/mol. The summed E-state index contributed by atoms with van der Waals surface area (Å²) >= 11 is 3.27. The van der Waals surface area contributed by atoms with Gasteiger partial charge in [0.15, 0.2) is 0 Å².